The van der Waals surface area contributed by atoms with Crippen molar-refractivity contribution >= 4 is 17.9 Å². The number of quaternary nitrogens is 1. The Labute approximate surface area is 406 Å². The number of hydrogen-bond acceptors (Lipinski definition) is 7. The van der Waals surface area contributed by atoms with E-state index in [-0.39, 0.29) is 32.2 Å². The second-order valence-electron chi connectivity index (χ2n) is 19.5. The largest absolute Gasteiger partial charge is 0.477 e. The highest BCUT2D eigenvalue weighted by molar-refractivity contribution is 5.71. The van der Waals surface area contributed by atoms with Crippen LogP contribution in [0, 0.1) is 0 Å². The Bertz CT molecular complexity index is 1220. The van der Waals surface area contributed by atoms with Gasteiger partial charge >= 0.3 is 17.9 Å². The van der Waals surface area contributed by atoms with Gasteiger partial charge in [0.15, 0.2) is 6.10 Å². The van der Waals surface area contributed by atoms with Gasteiger partial charge in [-0.15, -0.1) is 0 Å². The first-order chi connectivity index (χ1) is 32.1. The number of rotatable bonds is 50. The fourth-order valence-electron chi connectivity index (χ4n) is 7.68. The molecule has 9 nitrogen and oxygen atoms in total. The van der Waals surface area contributed by atoms with Crippen LogP contribution in [0.25, 0.3) is 0 Å². The molecule has 0 fully saturated rings. The smallest absolute Gasteiger partial charge is 0.361 e. The number of allylic oxidation sites excluding steroid dienone is 8. The average molecular weight is 931 g/mol. The van der Waals surface area contributed by atoms with Gasteiger partial charge in [0.25, 0.3) is 6.29 Å². The molecule has 0 aliphatic rings. The Balaban J connectivity index is 4.16. The molecule has 66 heavy (non-hydrogen) atoms. The summed E-state index contributed by atoms with van der Waals surface area (Å²) in [4.78, 5) is 37.2. The molecule has 0 aromatic rings. The van der Waals surface area contributed by atoms with Crippen molar-refractivity contribution < 1.29 is 42.9 Å². The SMILES string of the molecule is CC/C=C\C/C=C\C/C=C\C/C=C\CCC(=O)OC(COC(=O)CCCCCCCCCCCCCCCCCCCCCCCCCCCCCC)COC(OCC[N+](C)(C)C)C(=O)O. The van der Waals surface area contributed by atoms with Crippen LogP contribution in [0.1, 0.15) is 239 Å². The Hall–Kier alpha value is -2.75. The summed E-state index contributed by atoms with van der Waals surface area (Å²) in [6.45, 7) is 4.69. The van der Waals surface area contributed by atoms with Crippen molar-refractivity contribution in [2.75, 3.05) is 47.5 Å². The maximum atomic E-state index is 12.7. The molecule has 2 atom stereocenters. The van der Waals surface area contributed by atoms with E-state index in [0.29, 0.717) is 23.9 Å². The summed E-state index contributed by atoms with van der Waals surface area (Å²) in [7, 11) is 5.94. The summed E-state index contributed by atoms with van der Waals surface area (Å²) >= 11 is 0. The second kappa shape index (κ2) is 48.7. The lowest BCUT2D eigenvalue weighted by molar-refractivity contribution is -0.870. The fraction of sp³-hybridized carbons (Fsp3) is 0.807. The highest BCUT2D eigenvalue weighted by Crippen LogP contribution is 2.17. The zero-order chi connectivity index (χ0) is 48.4. The van der Waals surface area contributed by atoms with Gasteiger partial charge in [0.2, 0.25) is 0 Å². The molecule has 0 aromatic heterocycles. The molecule has 0 saturated carbocycles. The number of ether oxygens (including phenoxy) is 4. The number of likely N-dealkylation sites (N-methyl/N-ethyl adjacent to an activating group) is 1. The van der Waals surface area contributed by atoms with Crippen LogP contribution in [-0.2, 0) is 33.3 Å². The zero-order valence-electron chi connectivity index (χ0n) is 43.6. The van der Waals surface area contributed by atoms with E-state index in [1.807, 2.05) is 33.3 Å². The van der Waals surface area contributed by atoms with E-state index >= 15 is 0 Å². The number of carbonyl (C=O) groups is 3. The van der Waals surface area contributed by atoms with Crippen molar-refractivity contribution in [3.8, 4) is 0 Å². The number of carboxylic acid groups (broad SMARTS) is 1. The van der Waals surface area contributed by atoms with Crippen molar-refractivity contribution in [3.05, 3.63) is 48.6 Å². The molecule has 0 radical (unpaired) electrons. The Morgan fingerprint density at radius 2 is 0.864 bits per heavy atom. The molecular weight excluding hydrogens is 827 g/mol. The lowest BCUT2D eigenvalue weighted by Crippen LogP contribution is -2.40. The second-order valence-corrected chi connectivity index (χ2v) is 19.5. The number of aliphatic carboxylic acids is 1. The van der Waals surface area contributed by atoms with Crippen molar-refractivity contribution in [3.63, 3.8) is 0 Å². The van der Waals surface area contributed by atoms with Crippen LogP contribution >= 0.6 is 0 Å². The summed E-state index contributed by atoms with van der Waals surface area (Å²) in [6, 6.07) is 0. The van der Waals surface area contributed by atoms with Gasteiger partial charge in [-0.2, -0.15) is 0 Å². The molecule has 0 aliphatic heterocycles. The molecule has 1 N–H and O–H groups in total. The molecule has 0 rings (SSSR count). The van der Waals surface area contributed by atoms with Crippen molar-refractivity contribution in [2.24, 2.45) is 0 Å². The zero-order valence-corrected chi connectivity index (χ0v) is 43.6. The molecule has 0 spiro atoms. The first-order valence-electron chi connectivity index (χ1n) is 27.3. The lowest BCUT2D eigenvalue weighted by atomic mass is 10.0. The highest BCUT2D eigenvalue weighted by Gasteiger charge is 2.25. The van der Waals surface area contributed by atoms with E-state index in [1.165, 1.54) is 161 Å². The van der Waals surface area contributed by atoms with Crippen molar-refractivity contribution in [1.82, 2.24) is 0 Å². The molecular formula is C57H104NO8+. The third-order valence-corrected chi connectivity index (χ3v) is 11.9. The number of hydrogen-bond donors (Lipinski definition) is 1. The number of unbranched alkanes of at least 4 members (excludes halogenated alkanes) is 27. The van der Waals surface area contributed by atoms with Gasteiger partial charge in [0, 0.05) is 12.8 Å². The van der Waals surface area contributed by atoms with Gasteiger partial charge in [-0.1, -0.05) is 236 Å². The van der Waals surface area contributed by atoms with E-state index in [2.05, 4.69) is 50.3 Å². The van der Waals surface area contributed by atoms with E-state index in [0.717, 1.165) is 44.9 Å². The average Bonchev–Trinajstić information content (AvgIpc) is 3.28. The minimum absolute atomic E-state index is 0.140. The summed E-state index contributed by atoms with van der Waals surface area (Å²) in [6.07, 6.45) is 56.6. The van der Waals surface area contributed by atoms with Crippen LogP contribution in [0.4, 0.5) is 0 Å². The maximum absolute atomic E-state index is 12.7. The van der Waals surface area contributed by atoms with E-state index < -0.39 is 24.3 Å². The molecule has 0 saturated heterocycles. The van der Waals surface area contributed by atoms with Crippen LogP contribution in [0.2, 0.25) is 0 Å². The van der Waals surface area contributed by atoms with Gasteiger partial charge < -0.3 is 28.5 Å². The quantitative estimate of drug-likeness (QED) is 0.0211. The predicted molar refractivity (Wildman–Crippen MR) is 277 cm³/mol. The van der Waals surface area contributed by atoms with Gasteiger partial charge in [-0.3, -0.25) is 9.59 Å². The molecule has 0 amide bonds. The molecule has 0 heterocycles. The topological polar surface area (TPSA) is 108 Å². The number of carbonyl (C=O) groups excluding carboxylic acids is 2. The van der Waals surface area contributed by atoms with E-state index in [4.69, 9.17) is 18.9 Å². The van der Waals surface area contributed by atoms with Gasteiger partial charge in [-0.25, -0.2) is 4.79 Å². The minimum atomic E-state index is -1.53. The first-order valence-corrected chi connectivity index (χ1v) is 27.3. The molecule has 384 valence electrons. The maximum Gasteiger partial charge on any atom is 0.361 e. The van der Waals surface area contributed by atoms with Crippen LogP contribution in [0.5, 0.6) is 0 Å². The van der Waals surface area contributed by atoms with Crippen molar-refractivity contribution in [2.45, 2.75) is 251 Å². The van der Waals surface area contributed by atoms with E-state index in [9.17, 15) is 19.5 Å². The standard InChI is InChI=1S/C57H103NO8/c1-6-8-10-12-14-16-18-20-21-22-23-24-25-26-27-28-29-30-31-32-33-34-36-37-39-41-43-45-47-54(59)64-51-53(52-65-57(56(61)62)63-50-49-58(3,4)5)66-55(60)48-46-44-42-40-38-35-19-17-15-13-11-9-7-2/h9,11,15,17,35,38,42,44,53,57H,6-8,10,12-14,16,18-34,36-37,39-41,43,45-52H2,1-5H3/p+1/b11-9-,17-15-,38-35-,44-42-. The third kappa shape index (κ3) is 49.2. The highest BCUT2D eigenvalue weighted by atomic mass is 16.7. The van der Waals surface area contributed by atoms with Gasteiger partial charge in [-0.05, 0) is 38.5 Å². The Kier molecular flexibility index (Phi) is 46.7. The molecule has 2 unspecified atom stereocenters. The summed E-state index contributed by atoms with van der Waals surface area (Å²) < 4.78 is 22.7. The number of nitrogens with zero attached hydrogens (tertiary/aromatic N) is 1. The third-order valence-electron chi connectivity index (χ3n) is 11.9. The molecule has 0 bridgehead atoms. The normalized spacial score (nSPS) is 13.2. The molecule has 0 aliphatic carbocycles. The van der Waals surface area contributed by atoms with Crippen LogP contribution < -0.4 is 0 Å². The van der Waals surface area contributed by atoms with E-state index in [1.54, 1.807) is 0 Å². The fourth-order valence-corrected chi connectivity index (χ4v) is 7.68. The summed E-state index contributed by atoms with van der Waals surface area (Å²) in [5.74, 6) is -2.11. The minimum Gasteiger partial charge on any atom is -0.477 e. The predicted octanol–water partition coefficient (Wildman–Crippen LogP) is 15.5. The molecule has 0 aromatic carbocycles. The number of esters is 2. The van der Waals surface area contributed by atoms with Crippen LogP contribution in [0.15, 0.2) is 48.6 Å². The number of carboxylic acids is 1. The van der Waals surface area contributed by atoms with Crippen LogP contribution in [-0.4, -0.2) is 87.4 Å². The Morgan fingerprint density at radius 1 is 0.470 bits per heavy atom. The Morgan fingerprint density at radius 3 is 1.26 bits per heavy atom. The first kappa shape index (κ1) is 63.2. The monoisotopic (exact) mass is 931 g/mol. The van der Waals surface area contributed by atoms with Gasteiger partial charge in [0.05, 0.1) is 34.4 Å². The van der Waals surface area contributed by atoms with Crippen molar-refractivity contribution in [1.29, 1.82) is 0 Å². The summed E-state index contributed by atoms with van der Waals surface area (Å²) in [5, 5.41) is 9.66. The molecule has 9 heteroatoms. The van der Waals surface area contributed by atoms with Gasteiger partial charge in [0.1, 0.15) is 13.2 Å². The lowest BCUT2D eigenvalue weighted by Gasteiger charge is -2.25. The summed E-state index contributed by atoms with van der Waals surface area (Å²) in [5.41, 5.74) is 0. The van der Waals surface area contributed by atoms with Crippen LogP contribution in [0.3, 0.4) is 0 Å².